The van der Waals surface area contributed by atoms with E-state index in [0.29, 0.717) is 36.2 Å². The number of carbonyl (C=O) groups is 1. The molecule has 4 aromatic rings. The molecule has 1 N–H and O–H groups in total. The second-order valence-corrected chi connectivity index (χ2v) is 9.93. The third kappa shape index (κ3) is 5.32. The Hall–Kier alpha value is -3.55. The second-order valence-electron chi connectivity index (χ2n) is 9.49. The predicted octanol–water partition coefficient (Wildman–Crippen LogP) is 5.29. The number of rotatable bonds is 8. The van der Waals surface area contributed by atoms with E-state index in [9.17, 15) is 4.79 Å². The fourth-order valence-corrected chi connectivity index (χ4v) is 4.68. The van der Waals surface area contributed by atoms with E-state index in [2.05, 4.69) is 47.1 Å². The van der Waals surface area contributed by atoms with Crippen LogP contribution in [0, 0.1) is 19.8 Å². The topological polar surface area (TPSA) is 92.4 Å². The van der Waals surface area contributed by atoms with Crippen LogP contribution < -0.4 is 0 Å². The van der Waals surface area contributed by atoms with Crippen LogP contribution in [0.1, 0.15) is 39.6 Å². The van der Waals surface area contributed by atoms with Gasteiger partial charge in [-0.1, -0.05) is 59.2 Å². The molecule has 7 nitrogen and oxygen atoms in total. The van der Waals surface area contributed by atoms with Crippen molar-refractivity contribution in [3.8, 4) is 11.4 Å². The lowest BCUT2D eigenvalue weighted by Gasteiger charge is -2.36. The quantitative estimate of drug-likeness (QED) is 0.350. The first-order valence-electron chi connectivity index (χ1n) is 11.9. The van der Waals surface area contributed by atoms with Crippen molar-refractivity contribution in [1.29, 1.82) is 0 Å². The molecule has 5 rings (SSSR count). The second kappa shape index (κ2) is 10.2. The minimum Gasteiger partial charge on any atom is -0.481 e. The maximum atomic E-state index is 11.0. The van der Waals surface area contributed by atoms with Gasteiger partial charge in [-0.15, -0.1) is 0 Å². The Morgan fingerprint density at radius 1 is 1.08 bits per heavy atom. The van der Waals surface area contributed by atoms with Crippen molar-refractivity contribution >= 4 is 17.6 Å². The lowest BCUT2D eigenvalue weighted by molar-refractivity contribution is -0.147. The number of aliphatic carboxylic acids is 1. The smallest absolute Gasteiger partial charge is 0.309 e. The van der Waals surface area contributed by atoms with Crippen molar-refractivity contribution in [2.45, 2.75) is 32.7 Å². The normalized spacial score (nSPS) is 15.0. The van der Waals surface area contributed by atoms with Crippen molar-refractivity contribution in [3.63, 3.8) is 0 Å². The molecule has 184 valence electrons. The van der Waals surface area contributed by atoms with Crippen LogP contribution in [0.15, 0.2) is 65.4 Å². The molecule has 3 heterocycles. The summed E-state index contributed by atoms with van der Waals surface area (Å²) in [6, 6.07) is 16.3. The van der Waals surface area contributed by atoms with Gasteiger partial charge in [0.2, 0.25) is 11.7 Å². The van der Waals surface area contributed by atoms with Crippen LogP contribution in [0.5, 0.6) is 0 Å². The van der Waals surface area contributed by atoms with Gasteiger partial charge in [0, 0.05) is 37.6 Å². The Balaban J connectivity index is 1.35. The summed E-state index contributed by atoms with van der Waals surface area (Å²) in [4.78, 5) is 22.1. The monoisotopic (exact) mass is 502 g/mol. The summed E-state index contributed by atoms with van der Waals surface area (Å²) in [6.07, 6.45) is 4.08. The van der Waals surface area contributed by atoms with Crippen LogP contribution in [-0.4, -0.2) is 44.2 Å². The molecule has 8 heteroatoms. The summed E-state index contributed by atoms with van der Waals surface area (Å²) in [5, 5.41) is 13.9. The summed E-state index contributed by atoms with van der Waals surface area (Å²) >= 11 is 6.25. The molecule has 1 aliphatic heterocycles. The first-order valence-corrected chi connectivity index (χ1v) is 12.3. The largest absolute Gasteiger partial charge is 0.481 e. The Morgan fingerprint density at radius 3 is 2.53 bits per heavy atom. The van der Waals surface area contributed by atoms with Gasteiger partial charge < -0.3 is 9.63 Å². The number of benzene rings is 2. The van der Waals surface area contributed by atoms with Crippen LogP contribution in [0.25, 0.3) is 11.4 Å². The minimum atomic E-state index is -0.723. The van der Waals surface area contributed by atoms with E-state index in [0.717, 1.165) is 23.2 Å². The highest BCUT2D eigenvalue weighted by Crippen LogP contribution is 2.31. The third-order valence-corrected chi connectivity index (χ3v) is 7.01. The van der Waals surface area contributed by atoms with Crippen molar-refractivity contribution in [2.24, 2.45) is 5.92 Å². The number of pyridine rings is 1. The van der Waals surface area contributed by atoms with Gasteiger partial charge in [-0.25, -0.2) is 0 Å². The molecule has 0 saturated carbocycles. The van der Waals surface area contributed by atoms with Gasteiger partial charge in [0.25, 0.3) is 0 Å². The molecule has 1 fully saturated rings. The summed E-state index contributed by atoms with van der Waals surface area (Å²) in [5.74, 6) is -0.136. The number of hydrogen-bond donors (Lipinski definition) is 1. The summed E-state index contributed by atoms with van der Waals surface area (Å²) < 4.78 is 5.76. The number of halogens is 1. The van der Waals surface area contributed by atoms with E-state index >= 15 is 0 Å². The summed E-state index contributed by atoms with van der Waals surface area (Å²) in [7, 11) is 0. The van der Waals surface area contributed by atoms with Crippen LogP contribution in [0.2, 0.25) is 5.02 Å². The zero-order valence-corrected chi connectivity index (χ0v) is 20.9. The fraction of sp³-hybridized carbons (Fsp3) is 0.286. The number of aromatic nitrogens is 3. The van der Waals surface area contributed by atoms with Gasteiger partial charge >= 0.3 is 5.97 Å². The average molecular weight is 503 g/mol. The average Bonchev–Trinajstić information content (AvgIpc) is 3.32. The van der Waals surface area contributed by atoms with Gasteiger partial charge in [0.15, 0.2) is 0 Å². The van der Waals surface area contributed by atoms with E-state index in [4.69, 9.17) is 26.2 Å². The lowest BCUT2D eigenvalue weighted by Crippen LogP contribution is -2.49. The first kappa shape index (κ1) is 24.2. The predicted molar refractivity (Wildman–Crippen MR) is 137 cm³/mol. The molecule has 0 aliphatic carbocycles. The standard InChI is InChI=1S/C28H27ClN4O3/c1-17-3-4-20(9-18(17)2)10-25(22-11-24(29)13-30-12-22)27-31-26(32-36-27)21-7-5-19(6-8-21)14-33-15-23(16-33)28(34)35/h3-9,11-13,23,25H,10,14-16H2,1-2H3,(H,34,35). The van der Waals surface area contributed by atoms with Crippen LogP contribution in [0.3, 0.4) is 0 Å². The molecule has 0 spiro atoms. The molecule has 1 unspecified atom stereocenters. The van der Waals surface area contributed by atoms with Crippen molar-refractivity contribution in [3.05, 3.63) is 99.7 Å². The van der Waals surface area contributed by atoms with Crippen molar-refractivity contribution in [2.75, 3.05) is 13.1 Å². The SMILES string of the molecule is Cc1ccc(CC(c2cncc(Cl)c2)c2nc(-c3ccc(CN4CC(C(=O)O)C4)cc3)no2)cc1C. The summed E-state index contributed by atoms with van der Waals surface area (Å²) in [6.45, 7) is 6.11. The Bertz CT molecular complexity index is 1380. The Kier molecular flexibility index (Phi) is 6.85. The molecule has 0 bridgehead atoms. The highest BCUT2D eigenvalue weighted by Gasteiger charge is 2.32. The zero-order valence-electron chi connectivity index (χ0n) is 20.2. The molecule has 0 amide bonds. The number of carboxylic acids is 1. The van der Waals surface area contributed by atoms with Crippen LogP contribution in [0.4, 0.5) is 0 Å². The van der Waals surface area contributed by atoms with E-state index in [1.54, 1.807) is 12.4 Å². The van der Waals surface area contributed by atoms with Crippen LogP contribution >= 0.6 is 11.6 Å². The Morgan fingerprint density at radius 2 is 1.83 bits per heavy atom. The van der Waals surface area contributed by atoms with Gasteiger partial charge in [0.1, 0.15) is 0 Å². The molecule has 2 aromatic heterocycles. The lowest BCUT2D eigenvalue weighted by atomic mass is 9.91. The Labute approximate surface area is 214 Å². The van der Waals surface area contributed by atoms with E-state index in [1.165, 1.54) is 16.7 Å². The molecular weight excluding hydrogens is 476 g/mol. The number of aryl methyl sites for hydroxylation is 2. The van der Waals surface area contributed by atoms with Crippen LogP contribution in [-0.2, 0) is 17.8 Å². The maximum Gasteiger partial charge on any atom is 0.309 e. The zero-order chi connectivity index (χ0) is 25.2. The van der Waals surface area contributed by atoms with Gasteiger partial charge in [-0.05, 0) is 54.2 Å². The molecule has 1 atom stereocenters. The van der Waals surface area contributed by atoms with Crippen molar-refractivity contribution in [1.82, 2.24) is 20.0 Å². The molecule has 1 aliphatic rings. The molecule has 0 radical (unpaired) electrons. The molecule has 2 aromatic carbocycles. The molecule has 36 heavy (non-hydrogen) atoms. The van der Waals surface area contributed by atoms with E-state index in [1.807, 2.05) is 30.3 Å². The van der Waals surface area contributed by atoms with Crippen molar-refractivity contribution < 1.29 is 14.4 Å². The van der Waals surface area contributed by atoms with E-state index < -0.39 is 5.97 Å². The van der Waals surface area contributed by atoms with Gasteiger partial charge in [0.05, 0.1) is 16.9 Å². The van der Waals surface area contributed by atoms with Gasteiger partial charge in [-0.2, -0.15) is 4.98 Å². The van der Waals surface area contributed by atoms with E-state index in [-0.39, 0.29) is 11.8 Å². The molecular formula is C28H27ClN4O3. The van der Waals surface area contributed by atoms with Gasteiger partial charge in [-0.3, -0.25) is 14.7 Å². The maximum absolute atomic E-state index is 11.0. The number of hydrogen-bond acceptors (Lipinski definition) is 6. The third-order valence-electron chi connectivity index (χ3n) is 6.80. The number of nitrogens with zero attached hydrogens (tertiary/aromatic N) is 4. The minimum absolute atomic E-state index is 0.188. The summed E-state index contributed by atoms with van der Waals surface area (Å²) in [5.41, 5.74) is 6.54. The number of carboxylic acid groups (broad SMARTS) is 1. The fourth-order valence-electron chi connectivity index (χ4n) is 4.50. The molecule has 1 saturated heterocycles. The first-order chi connectivity index (χ1) is 17.4. The number of likely N-dealkylation sites (tertiary alicyclic amines) is 1. The highest BCUT2D eigenvalue weighted by molar-refractivity contribution is 6.30. The highest BCUT2D eigenvalue weighted by atomic mass is 35.5.